The third-order valence-electron chi connectivity index (χ3n) is 3.82. The molecule has 0 atom stereocenters. The van der Waals surface area contributed by atoms with E-state index in [1.807, 2.05) is 6.07 Å². The fourth-order valence-electron chi connectivity index (χ4n) is 2.65. The van der Waals surface area contributed by atoms with Crippen LogP contribution in [0.25, 0.3) is 11.2 Å². The number of fused-ring (bicyclic) bond motifs is 1. The summed E-state index contributed by atoms with van der Waals surface area (Å²) in [6.45, 7) is 0.376. The number of aryl methyl sites for hydroxylation is 1. The van der Waals surface area contributed by atoms with E-state index in [1.165, 1.54) is 0 Å². The minimum Gasteiger partial charge on any atom is -0.306 e. The molecule has 1 amide bonds. The molecule has 0 aliphatic rings. The van der Waals surface area contributed by atoms with Crippen molar-refractivity contribution >= 4 is 17.1 Å². The summed E-state index contributed by atoms with van der Waals surface area (Å²) in [5, 5.41) is 0. The average Bonchev–Trinajstić information content (AvgIpc) is 2.99. The van der Waals surface area contributed by atoms with Crippen molar-refractivity contribution < 1.29 is 18.0 Å². The smallest absolute Gasteiger partial charge is 0.306 e. The zero-order valence-electron chi connectivity index (χ0n) is 14.3. The molecular weight excluding hydrogens is 363 g/mol. The Morgan fingerprint density at radius 2 is 1.93 bits per heavy atom. The number of nitrogens with one attached hydrogen (secondary N) is 1. The van der Waals surface area contributed by atoms with Gasteiger partial charge >= 0.3 is 11.7 Å². The third kappa shape index (κ3) is 4.15. The van der Waals surface area contributed by atoms with Crippen molar-refractivity contribution in [3.05, 3.63) is 58.4 Å². The van der Waals surface area contributed by atoms with Crippen LogP contribution in [0, 0.1) is 0 Å². The lowest BCUT2D eigenvalue weighted by molar-refractivity contribution is -0.140. The Kier molecular flexibility index (Phi) is 4.98. The number of hydrogen-bond acceptors (Lipinski definition) is 4. The molecule has 3 aromatic rings. The van der Waals surface area contributed by atoms with Crippen LogP contribution in [-0.4, -0.2) is 31.3 Å². The Morgan fingerprint density at radius 1 is 1.22 bits per heavy atom. The minimum atomic E-state index is -4.47. The van der Waals surface area contributed by atoms with Gasteiger partial charge in [-0.15, -0.1) is 0 Å². The first-order chi connectivity index (χ1) is 12.8. The number of benzene rings is 1. The molecule has 0 unspecified atom stereocenters. The Hall–Kier alpha value is -3.17. The van der Waals surface area contributed by atoms with Crippen LogP contribution in [0.1, 0.15) is 18.3 Å². The Bertz CT molecular complexity index is 1020. The molecule has 0 spiro atoms. The van der Waals surface area contributed by atoms with Gasteiger partial charge in [0.15, 0.2) is 11.2 Å². The second-order valence-electron chi connectivity index (χ2n) is 5.88. The largest absolute Gasteiger partial charge is 0.406 e. The van der Waals surface area contributed by atoms with Gasteiger partial charge < -0.3 is 4.57 Å². The van der Waals surface area contributed by atoms with Crippen molar-refractivity contribution in [2.45, 2.75) is 32.5 Å². The van der Waals surface area contributed by atoms with Crippen LogP contribution in [0.2, 0.25) is 0 Å². The van der Waals surface area contributed by atoms with E-state index >= 15 is 0 Å². The molecule has 142 valence electrons. The number of alkyl halides is 3. The summed E-state index contributed by atoms with van der Waals surface area (Å²) in [7, 11) is 0. The molecule has 0 fully saturated rings. The first kappa shape index (κ1) is 18.6. The van der Waals surface area contributed by atoms with Gasteiger partial charge in [0.05, 0.1) is 12.7 Å². The van der Waals surface area contributed by atoms with E-state index < -0.39 is 24.2 Å². The highest BCUT2D eigenvalue weighted by Gasteiger charge is 2.29. The van der Waals surface area contributed by atoms with Gasteiger partial charge in [-0.3, -0.25) is 15.0 Å². The van der Waals surface area contributed by atoms with Crippen molar-refractivity contribution in [2.75, 3.05) is 5.43 Å². The van der Waals surface area contributed by atoms with E-state index in [2.05, 4.69) is 15.4 Å². The lowest BCUT2D eigenvalue weighted by Crippen LogP contribution is -2.37. The molecule has 0 aliphatic carbocycles. The number of amides is 1. The molecule has 7 nitrogen and oxygen atoms in total. The average molecular weight is 379 g/mol. The van der Waals surface area contributed by atoms with Crippen LogP contribution in [0.3, 0.4) is 0 Å². The fraction of sp³-hybridized carbons (Fsp3) is 0.294. The van der Waals surface area contributed by atoms with Gasteiger partial charge in [-0.05, 0) is 5.56 Å². The Balaban J connectivity index is 1.95. The lowest BCUT2D eigenvalue weighted by Gasteiger charge is -2.13. The van der Waals surface area contributed by atoms with E-state index in [4.69, 9.17) is 0 Å². The maximum absolute atomic E-state index is 12.7. The standard InChI is InChI=1S/C17H16F3N5O2/c1-2-12-22-15-14(21-10-24(15)9-17(18,19)20)16(27)25(12)23-13(26)8-11-6-4-3-5-7-11/h3-7,10H,2,8-9H2,1H3,(H,23,26). The van der Waals surface area contributed by atoms with Crippen LogP contribution in [-0.2, 0) is 24.2 Å². The van der Waals surface area contributed by atoms with Gasteiger partial charge in [0.25, 0.3) is 0 Å². The molecule has 1 aromatic carbocycles. The van der Waals surface area contributed by atoms with Gasteiger partial charge in [0, 0.05) is 6.42 Å². The fourth-order valence-corrected chi connectivity index (χ4v) is 2.65. The monoisotopic (exact) mass is 379 g/mol. The molecule has 27 heavy (non-hydrogen) atoms. The molecule has 0 saturated carbocycles. The summed E-state index contributed by atoms with van der Waals surface area (Å²) in [4.78, 5) is 32.7. The predicted molar refractivity (Wildman–Crippen MR) is 91.7 cm³/mol. The first-order valence-corrected chi connectivity index (χ1v) is 8.16. The number of hydrogen-bond donors (Lipinski definition) is 1. The highest BCUT2D eigenvalue weighted by atomic mass is 19.4. The highest BCUT2D eigenvalue weighted by Crippen LogP contribution is 2.19. The topological polar surface area (TPSA) is 81.8 Å². The summed E-state index contributed by atoms with van der Waals surface area (Å²) in [5.41, 5.74) is 2.09. The van der Waals surface area contributed by atoms with E-state index in [-0.39, 0.29) is 29.8 Å². The van der Waals surface area contributed by atoms with E-state index in [0.717, 1.165) is 21.1 Å². The molecule has 2 heterocycles. The van der Waals surface area contributed by atoms with Crippen LogP contribution < -0.4 is 11.0 Å². The quantitative estimate of drug-likeness (QED) is 0.736. The number of aromatic nitrogens is 4. The SMILES string of the molecule is CCc1nc2c(ncn2CC(F)(F)F)c(=O)n1NC(=O)Cc1ccccc1. The summed E-state index contributed by atoms with van der Waals surface area (Å²) in [5.74, 6) is -0.313. The van der Waals surface area contributed by atoms with E-state index in [1.54, 1.807) is 31.2 Å². The summed E-state index contributed by atoms with van der Waals surface area (Å²) < 4.78 is 39.7. The van der Waals surface area contributed by atoms with E-state index in [0.29, 0.717) is 0 Å². The number of nitrogens with zero attached hydrogens (tertiary/aromatic N) is 4. The molecule has 0 radical (unpaired) electrons. The lowest BCUT2D eigenvalue weighted by atomic mass is 10.1. The van der Waals surface area contributed by atoms with Crippen molar-refractivity contribution in [3.63, 3.8) is 0 Å². The molecule has 10 heteroatoms. The van der Waals surface area contributed by atoms with Crippen LogP contribution in [0.15, 0.2) is 41.5 Å². The second kappa shape index (κ2) is 7.22. The van der Waals surface area contributed by atoms with Crippen LogP contribution in [0.4, 0.5) is 13.2 Å². The number of imidazole rings is 1. The highest BCUT2D eigenvalue weighted by molar-refractivity contribution is 5.86. The minimum absolute atomic E-state index is 0.0387. The number of carbonyl (C=O) groups is 1. The Labute approximate surface area is 151 Å². The molecule has 0 bridgehead atoms. The third-order valence-corrected chi connectivity index (χ3v) is 3.82. The maximum atomic E-state index is 12.7. The van der Waals surface area contributed by atoms with Crippen molar-refractivity contribution in [1.82, 2.24) is 19.2 Å². The van der Waals surface area contributed by atoms with Crippen molar-refractivity contribution in [3.8, 4) is 0 Å². The van der Waals surface area contributed by atoms with Gasteiger partial charge in [-0.2, -0.15) is 13.2 Å². The molecular formula is C17H16F3N5O2. The predicted octanol–water partition coefficient (Wildman–Crippen LogP) is 2.03. The molecule has 0 aliphatic heterocycles. The van der Waals surface area contributed by atoms with Gasteiger partial charge in [0.2, 0.25) is 5.91 Å². The van der Waals surface area contributed by atoms with Gasteiger partial charge in [0.1, 0.15) is 12.4 Å². The van der Waals surface area contributed by atoms with E-state index in [9.17, 15) is 22.8 Å². The number of carbonyl (C=O) groups excluding carboxylic acids is 1. The number of halogens is 3. The summed E-state index contributed by atoms with van der Waals surface area (Å²) >= 11 is 0. The van der Waals surface area contributed by atoms with Crippen LogP contribution in [0.5, 0.6) is 0 Å². The maximum Gasteiger partial charge on any atom is 0.406 e. The zero-order chi connectivity index (χ0) is 19.6. The molecule has 2 aromatic heterocycles. The molecule has 1 N–H and O–H groups in total. The van der Waals surface area contributed by atoms with Gasteiger partial charge in [-0.1, -0.05) is 37.3 Å². The molecule has 3 rings (SSSR count). The molecule has 0 saturated heterocycles. The van der Waals surface area contributed by atoms with Crippen molar-refractivity contribution in [2.24, 2.45) is 0 Å². The van der Waals surface area contributed by atoms with Crippen LogP contribution >= 0.6 is 0 Å². The van der Waals surface area contributed by atoms with Crippen molar-refractivity contribution in [1.29, 1.82) is 0 Å². The summed E-state index contributed by atoms with van der Waals surface area (Å²) in [6.07, 6.45) is -3.28. The zero-order valence-corrected chi connectivity index (χ0v) is 14.3. The summed E-state index contributed by atoms with van der Waals surface area (Å²) in [6, 6.07) is 8.92. The number of rotatable bonds is 5. The normalized spacial score (nSPS) is 11.7. The van der Waals surface area contributed by atoms with Gasteiger partial charge in [-0.25, -0.2) is 14.6 Å². The second-order valence-corrected chi connectivity index (χ2v) is 5.88. The first-order valence-electron chi connectivity index (χ1n) is 8.16. The Morgan fingerprint density at radius 3 is 2.56 bits per heavy atom.